The molecule has 0 bridgehead atoms. The SMILES string of the molecule is c1ccc(-c2nc(-c3cccc(-c4cccc(-c5cc(-c6ccccc6)c(-c6ccccc6)c(-c6ccccc6)c5-c5ccccc5)c4)c3)c3ccccc3n2)cc1. The lowest BCUT2D eigenvalue weighted by molar-refractivity contribution is 1.23. The topological polar surface area (TPSA) is 25.8 Å². The quantitative estimate of drug-likeness (QED) is 0.155. The smallest absolute Gasteiger partial charge is 0.160 e. The molecule has 0 aliphatic heterocycles. The van der Waals surface area contributed by atoms with Crippen LogP contribution in [0.1, 0.15) is 0 Å². The molecule has 2 nitrogen and oxygen atoms in total. The fraction of sp³-hybridized carbons (Fsp3) is 0. The van der Waals surface area contributed by atoms with Crippen molar-refractivity contribution >= 4 is 10.9 Å². The maximum Gasteiger partial charge on any atom is 0.160 e. The average molecular weight is 739 g/mol. The predicted molar refractivity (Wildman–Crippen MR) is 243 cm³/mol. The standard InChI is InChI=1S/C56H38N2/c1-6-20-39(21-7-1)49-38-50(53(41-24-10-3-11-25-41)54(42-26-12-4-13-27-42)52(49)40-22-8-2-9-23-40)46-32-18-30-44(36-46)45-31-19-33-47(37-45)55-48-34-16-17-35-51(48)57-56(58-55)43-28-14-5-15-29-43/h1-38H. The molecule has 0 amide bonds. The summed E-state index contributed by atoms with van der Waals surface area (Å²) < 4.78 is 0. The summed E-state index contributed by atoms with van der Waals surface area (Å²) in [5.41, 5.74) is 18.0. The zero-order chi connectivity index (χ0) is 38.7. The third-order valence-corrected chi connectivity index (χ3v) is 10.9. The maximum absolute atomic E-state index is 5.19. The van der Waals surface area contributed by atoms with E-state index in [0.717, 1.165) is 50.2 Å². The van der Waals surface area contributed by atoms with Gasteiger partial charge in [-0.1, -0.05) is 206 Å². The number of aromatic nitrogens is 2. The third-order valence-electron chi connectivity index (χ3n) is 10.9. The normalized spacial score (nSPS) is 11.1. The molecule has 0 spiro atoms. The fourth-order valence-corrected chi connectivity index (χ4v) is 8.18. The van der Waals surface area contributed by atoms with Crippen LogP contribution in [-0.4, -0.2) is 9.97 Å². The Morgan fingerprint density at radius 1 is 0.241 bits per heavy atom. The molecule has 272 valence electrons. The molecule has 0 radical (unpaired) electrons. The van der Waals surface area contributed by atoms with Crippen LogP contribution in [0.4, 0.5) is 0 Å². The first-order valence-corrected chi connectivity index (χ1v) is 19.7. The first kappa shape index (κ1) is 34.8. The molecule has 2 heteroatoms. The predicted octanol–water partition coefficient (Wildman–Crippen LogP) is 15.0. The van der Waals surface area contributed by atoms with Gasteiger partial charge in [0.25, 0.3) is 0 Å². The van der Waals surface area contributed by atoms with Gasteiger partial charge in [0.2, 0.25) is 0 Å². The molecule has 10 aromatic rings. The monoisotopic (exact) mass is 738 g/mol. The lowest BCUT2D eigenvalue weighted by Crippen LogP contribution is -1.98. The van der Waals surface area contributed by atoms with Crippen molar-refractivity contribution in [3.63, 3.8) is 0 Å². The van der Waals surface area contributed by atoms with E-state index in [9.17, 15) is 0 Å². The molecule has 1 heterocycles. The number of para-hydroxylation sites is 1. The largest absolute Gasteiger partial charge is 0.228 e. The van der Waals surface area contributed by atoms with E-state index in [-0.39, 0.29) is 0 Å². The molecule has 0 N–H and O–H groups in total. The number of hydrogen-bond acceptors (Lipinski definition) is 2. The van der Waals surface area contributed by atoms with Gasteiger partial charge in [0.1, 0.15) is 0 Å². The lowest BCUT2D eigenvalue weighted by atomic mass is 9.78. The second-order valence-corrected chi connectivity index (χ2v) is 14.5. The van der Waals surface area contributed by atoms with Crippen LogP contribution in [0.3, 0.4) is 0 Å². The van der Waals surface area contributed by atoms with E-state index in [0.29, 0.717) is 0 Å². The van der Waals surface area contributed by atoms with Gasteiger partial charge >= 0.3 is 0 Å². The molecule has 0 atom stereocenters. The highest BCUT2D eigenvalue weighted by Crippen LogP contribution is 2.50. The Labute approximate surface area is 339 Å². The average Bonchev–Trinajstić information content (AvgIpc) is 3.32. The van der Waals surface area contributed by atoms with Gasteiger partial charge in [-0.25, -0.2) is 9.97 Å². The van der Waals surface area contributed by atoms with E-state index in [4.69, 9.17) is 9.97 Å². The van der Waals surface area contributed by atoms with Crippen LogP contribution in [0.5, 0.6) is 0 Å². The Morgan fingerprint density at radius 2 is 0.638 bits per heavy atom. The van der Waals surface area contributed by atoms with Gasteiger partial charge in [-0.15, -0.1) is 0 Å². The summed E-state index contributed by atoms with van der Waals surface area (Å²) in [6.07, 6.45) is 0. The molecule has 0 aliphatic carbocycles. The number of rotatable bonds is 8. The summed E-state index contributed by atoms with van der Waals surface area (Å²) in [6, 6.07) is 82.1. The lowest BCUT2D eigenvalue weighted by Gasteiger charge is -2.24. The van der Waals surface area contributed by atoms with Crippen LogP contribution < -0.4 is 0 Å². The van der Waals surface area contributed by atoms with Crippen molar-refractivity contribution in [1.29, 1.82) is 0 Å². The van der Waals surface area contributed by atoms with Crippen LogP contribution in [-0.2, 0) is 0 Å². The van der Waals surface area contributed by atoms with E-state index in [1.54, 1.807) is 0 Å². The van der Waals surface area contributed by atoms with Gasteiger partial charge in [-0.3, -0.25) is 0 Å². The van der Waals surface area contributed by atoms with Gasteiger partial charge in [0.05, 0.1) is 11.2 Å². The number of fused-ring (bicyclic) bond motifs is 1. The van der Waals surface area contributed by atoms with Crippen molar-refractivity contribution in [2.75, 3.05) is 0 Å². The van der Waals surface area contributed by atoms with Crippen LogP contribution in [0, 0.1) is 0 Å². The van der Waals surface area contributed by atoms with Gasteiger partial charge in [-0.05, 0) is 91.0 Å². The van der Waals surface area contributed by atoms with Gasteiger partial charge < -0.3 is 0 Å². The molecule has 0 unspecified atom stereocenters. The van der Waals surface area contributed by atoms with E-state index >= 15 is 0 Å². The zero-order valence-corrected chi connectivity index (χ0v) is 31.8. The summed E-state index contributed by atoms with van der Waals surface area (Å²) in [5.74, 6) is 0.720. The first-order valence-electron chi connectivity index (χ1n) is 19.7. The van der Waals surface area contributed by atoms with Gasteiger partial charge in [0, 0.05) is 16.5 Å². The van der Waals surface area contributed by atoms with Crippen molar-refractivity contribution in [2.45, 2.75) is 0 Å². The van der Waals surface area contributed by atoms with Crippen molar-refractivity contribution in [1.82, 2.24) is 9.97 Å². The minimum absolute atomic E-state index is 0.720. The van der Waals surface area contributed by atoms with Crippen LogP contribution >= 0.6 is 0 Å². The Hall–Kier alpha value is -7.68. The molecule has 0 saturated carbocycles. The van der Waals surface area contributed by atoms with Gasteiger partial charge in [0.15, 0.2) is 5.82 Å². The van der Waals surface area contributed by atoms with E-state index < -0.39 is 0 Å². The van der Waals surface area contributed by atoms with Crippen LogP contribution in [0.2, 0.25) is 0 Å². The Morgan fingerprint density at radius 3 is 1.21 bits per heavy atom. The second-order valence-electron chi connectivity index (χ2n) is 14.5. The molecule has 0 aliphatic rings. The summed E-state index contributed by atoms with van der Waals surface area (Å²) in [7, 11) is 0. The molecule has 9 aromatic carbocycles. The van der Waals surface area contributed by atoms with Crippen molar-refractivity contribution < 1.29 is 0 Å². The van der Waals surface area contributed by atoms with E-state index in [2.05, 4.69) is 206 Å². The number of nitrogens with zero attached hydrogens (tertiary/aromatic N) is 2. The highest BCUT2D eigenvalue weighted by molar-refractivity contribution is 6.07. The molecule has 0 fully saturated rings. The zero-order valence-electron chi connectivity index (χ0n) is 31.8. The summed E-state index contributed by atoms with van der Waals surface area (Å²) in [6.45, 7) is 0. The second kappa shape index (κ2) is 15.5. The van der Waals surface area contributed by atoms with E-state index in [1.807, 2.05) is 24.3 Å². The van der Waals surface area contributed by atoms with Gasteiger partial charge in [-0.2, -0.15) is 0 Å². The van der Waals surface area contributed by atoms with Crippen molar-refractivity contribution in [2.24, 2.45) is 0 Å². The highest BCUT2D eigenvalue weighted by atomic mass is 14.9. The Kier molecular flexibility index (Phi) is 9.27. The van der Waals surface area contributed by atoms with E-state index in [1.165, 1.54) is 50.1 Å². The summed E-state index contributed by atoms with van der Waals surface area (Å²) in [4.78, 5) is 10.1. The molecule has 0 saturated heterocycles. The number of hydrogen-bond donors (Lipinski definition) is 0. The molecular weight excluding hydrogens is 701 g/mol. The summed E-state index contributed by atoms with van der Waals surface area (Å²) in [5, 5.41) is 1.03. The molecule has 58 heavy (non-hydrogen) atoms. The Bertz CT molecular complexity index is 3010. The Balaban J connectivity index is 1.20. The van der Waals surface area contributed by atoms with Crippen molar-refractivity contribution in [3.8, 4) is 89.4 Å². The highest BCUT2D eigenvalue weighted by Gasteiger charge is 2.24. The fourth-order valence-electron chi connectivity index (χ4n) is 8.18. The number of benzene rings is 9. The third kappa shape index (κ3) is 6.67. The molecule has 1 aromatic heterocycles. The first-order chi connectivity index (χ1) is 28.8. The summed E-state index contributed by atoms with van der Waals surface area (Å²) >= 11 is 0. The molecular formula is C56H38N2. The minimum Gasteiger partial charge on any atom is -0.228 e. The van der Waals surface area contributed by atoms with Crippen LogP contribution in [0.15, 0.2) is 231 Å². The maximum atomic E-state index is 5.19. The molecule has 10 rings (SSSR count). The van der Waals surface area contributed by atoms with Crippen molar-refractivity contribution in [3.05, 3.63) is 231 Å². The minimum atomic E-state index is 0.720. The van der Waals surface area contributed by atoms with Crippen LogP contribution in [0.25, 0.3) is 100 Å².